The van der Waals surface area contributed by atoms with Crippen molar-refractivity contribution in [2.24, 2.45) is 4.99 Å². The third kappa shape index (κ3) is 5.03. The molecule has 0 saturated carbocycles. The Labute approximate surface area is 173 Å². The SMILES string of the molecule is CCCC(=O)Oc1c(Cl)cc(/C=C2\N=C(c3ccccc3)OC2=O)cc1OCC. The van der Waals surface area contributed by atoms with E-state index in [1.165, 1.54) is 0 Å². The second-order valence-corrected chi connectivity index (χ2v) is 6.60. The van der Waals surface area contributed by atoms with Crippen LogP contribution in [0.4, 0.5) is 0 Å². The van der Waals surface area contributed by atoms with Crippen molar-refractivity contribution in [3.8, 4) is 11.5 Å². The highest BCUT2D eigenvalue weighted by Crippen LogP contribution is 2.38. The van der Waals surface area contributed by atoms with Gasteiger partial charge < -0.3 is 14.2 Å². The van der Waals surface area contributed by atoms with Crippen molar-refractivity contribution in [2.75, 3.05) is 6.61 Å². The molecule has 0 N–H and O–H groups in total. The molecule has 7 heteroatoms. The molecule has 0 atom stereocenters. The van der Waals surface area contributed by atoms with E-state index in [-0.39, 0.29) is 28.8 Å². The molecule has 1 aliphatic rings. The Balaban J connectivity index is 1.93. The summed E-state index contributed by atoms with van der Waals surface area (Å²) in [7, 11) is 0. The number of rotatable bonds is 7. The van der Waals surface area contributed by atoms with Gasteiger partial charge in [-0.3, -0.25) is 4.79 Å². The first kappa shape index (κ1) is 20.6. The number of benzene rings is 2. The van der Waals surface area contributed by atoms with E-state index in [0.29, 0.717) is 29.9 Å². The minimum Gasteiger partial charge on any atom is -0.490 e. The summed E-state index contributed by atoms with van der Waals surface area (Å²) in [5, 5.41) is 0.200. The van der Waals surface area contributed by atoms with Gasteiger partial charge in [-0.1, -0.05) is 36.7 Å². The minimum absolute atomic E-state index is 0.137. The molecule has 1 heterocycles. The first-order valence-electron chi connectivity index (χ1n) is 9.26. The lowest BCUT2D eigenvalue weighted by atomic mass is 10.1. The fourth-order valence-corrected chi connectivity index (χ4v) is 2.93. The van der Waals surface area contributed by atoms with Crippen LogP contribution in [0.3, 0.4) is 0 Å². The molecule has 0 saturated heterocycles. The van der Waals surface area contributed by atoms with Crippen molar-refractivity contribution in [3.63, 3.8) is 0 Å². The number of esters is 2. The van der Waals surface area contributed by atoms with E-state index >= 15 is 0 Å². The summed E-state index contributed by atoms with van der Waals surface area (Å²) < 4.78 is 16.2. The number of halogens is 1. The van der Waals surface area contributed by atoms with E-state index in [1.54, 1.807) is 37.3 Å². The van der Waals surface area contributed by atoms with E-state index in [1.807, 2.05) is 25.1 Å². The number of aliphatic imine (C=N–C) groups is 1. The van der Waals surface area contributed by atoms with Gasteiger partial charge in [0, 0.05) is 12.0 Å². The Morgan fingerprint density at radius 2 is 1.97 bits per heavy atom. The van der Waals surface area contributed by atoms with Crippen LogP contribution < -0.4 is 9.47 Å². The predicted molar refractivity (Wildman–Crippen MR) is 110 cm³/mol. The normalized spacial score (nSPS) is 14.5. The van der Waals surface area contributed by atoms with Crippen LogP contribution >= 0.6 is 11.6 Å². The number of ether oxygens (including phenoxy) is 3. The lowest BCUT2D eigenvalue weighted by Crippen LogP contribution is -2.09. The van der Waals surface area contributed by atoms with Crippen molar-refractivity contribution in [1.29, 1.82) is 0 Å². The summed E-state index contributed by atoms with van der Waals surface area (Å²) in [6, 6.07) is 12.4. The van der Waals surface area contributed by atoms with Crippen molar-refractivity contribution >= 4 is 35.5 Å². The van der Waals surface area contributed by atoms with E-state index in [4.69, 9.17) is 25.8 Å². The van der Waals surface area contributed by atoms with Crippen molar-refractivity contribution in [3.05, 3.63) is 64.3 Å². The van der Waals surface area contributed by atoms with E-state index in [9.17, 15) is 9.59 Å². The standard InChI is InChI=1S/C22H20ClNO5/c1-3-8-19(25)28-20-16(23)11-14(13-18(20)27-4-2)12-17-22(26)29-21(24-17)15-9-6-5-7-10-15/h5-7,9-13H,3-4,8H2,1-2H3/b17-12-. The van der Waals surface area contributed by atoms with Gasteiger partial charge in [-0.05, 0) is 49.2 Å². The molecule has 0 spiro atoms. The fraction of sp³-hybridized carbons (Fsp3) is 0.227. The summed E-state index contributed by atoms with van der Waals surface area (Å²) in [6.45, 7) is 4.04. The van der Waals surface area contributed by atoms with Crippen LogP contribution in [0.5, 0.6) is 11.5 Å². The molecule has 0 fully saturated rings. The molecule has 0 amide bonds. The van der Waals surface area contributed by atoms with Gasteiger partial charge in [-0.2, -0.15) is 0 Å². The molecule has 150 valence electrons. The smallest absolute Gasteiger partial charge is 0.363 e. The summed E-state index contributed by atoms with van der Waals surface area (Å²) in [4.78, 5) is 28.3. The van der Waals surface area contributed by atoms with Gasteiger partial charge >= 0.3 is 11.9 Å². The summed E-state index contributed by atoms with van der Waals surface area (Å²) in [5.41, 5.74) is 1.41. The van der Waals surface area contributed by atoms with Crippen molar-refractivity contribution in [2.45, 2.75) is 26.7 Å². The van der Waals surface area contributed by atoms with Gasteiger partial charge in [0.2, 0.25) is 5.90 Å². The van der Waals surface area contributed by atoms with Crippen LogP contribution in [0.2, 0.25) is 5.02 Å². The lowest BCUT2D eigenvalue weighted by molar-refractivity contribution is -0.134. The molecule has 2 aromatic carbocycles. The van der Waals surface area contributed by atoms with Crippen LogP contribution in [0.15, 0.2) is 53.2 Å². The first-order chi connectivity index (χ1) is 14.0. The van der Waals surface area contributed by atoms with E-state index in [2.05, 4.69) is 4.99 Å². The molecule has 2 aromatic rings. The molecule has 29 heavy (non-hydrogen) atoms. The molecule has 0 aliphatic carbocycles. The van der Waals surface area contributed by atoms with E-state index in [0.717, 1.165) is 0 Å². The highest BCUT2D eigenvalue weighted by Gasteiger charge is 2.24. The number of carbonyl (C=O) groups is 2. The van der Waals surface area contributed by atoms with Crippen LogP contribution in [-0.2, 0) is 14.3 Å². The Bertz CT molecular complexity index is 982. The maximum atomic E-state index is 12.2. The number of nitrogens with zero attached hydrogens (tertiary/aromatic N) is 1. The second kappa shape index (κ2) is 9.39. The largest absolute Gasteiger partial charge is 0.490 e. The van der Waals surface area contributed by atoms with Crippen LogP contribution in [0.25, 0.3) is 6.08 Å². The molecule has 6 nitrogen and oxygen atoms in total. The highest BCUT2D eigenvalue weighted by atomic mass is 35.5. The summed E-state index contributed by atoms with van der Waals surface area (Å²) in [5.74, 6) is -0.232. The third-order valence-corrected chi connectivity index (χ3v) is 4.23. The van der Waals surface area contributed by atoms with Gasteiger partial charge in [-0.15, -0.1) is 0 Å². The molecule has 1 aliphatic heterocycles. The zero-order valence-corrected chi connectivity index (χ0v) is 16.9. The van der Waals surface area contributed by atoms with Crippen molar-refractivity contribution in [1.82, 2.24) is 0 Å². The van der Waals surface area contributed by atoms with Gasteiger partial charge in [0.15, 0.2) is 17.2 Å². The summed E-state index contributed by atoms with van der Waals surface area (Å²) >= 11 is 6.32. The third-order valence-electron chi connectivity index (χ3n) is 3.95. The molecule has 0 bridgehead atoms. The minimum atomic E-state index is -0.559. The Morgan fingerprint density at radius 1 is 1.21 bits per heavy atom. The maximum absolute atomic E-state index is 12.2. The fourth-order valence-electron chi connectivity index (χ4n) is 2.67. The molecule has 0 radical (unpaired) electrons. The topological polar surface area (TPSA) is 74.2 Å². The quantitative estimate of drug-likeness (QED) is 0.370. The van der Waals surface area contributed by atoms with Crippen molar-refractivity contribution < 1.29 is 23.8 Å². The molecule has 0 unspecified atom stereocenters. The van der Waals surface area contributed by atoms with Gasteiger partial charge in [0.05, 0.1) is 11.6 Å². The number of hydrogen-bond donors (Lipinski definition) is 0. The Kier molecular flexibility index (Phi) is 6.67. The van der Waals surface area contributed by atoms with Crippen LogP contribution in [0.1, 0.15) is 37.8 Å². The zero-order valence-electron chi connectivity index (χ0n) is 16.1. The average molecular weight is 414 g/mol. The van der Waals surface area contributed by atoms with Crippen LogP contribution in [-0.4, -0.2) is 24.4 Å². The zero-order chi connectivity index (χ0) is 20.8. The highest BCUT2D eigenvalue weighted by molar-refractivity contribution is 6.32. The van der Waals surface area contributed by atoms with Gasteiger partial charge in [-0.25, -0.2) is 9.79 Å². The van der Waals surface area contributed by atoms with E-state index < -0.39 is 11.9 Å². The second-order valence-electron chi connectivity index (χ2n) is 6.19. The monoisotopic (exact) mass is 413 g/mol. The Morgan fingerprint density at radius 3 is 2.66 bits per heavy atom. The van der Waals surface area contributed by atoms with Crippen LogP contribution in [0, 0.1) is 0 Å². The number of cyclic esters (lactones) is 1. The summed E-state index contributed by atoms with van der Waals surface area (Å²) in [6.07, 6.45) is 2.48. The predicted octanol–water partition coefficient (Wildman–Crippen LogP) is 4.79. The molecular weight excluding hydrogens is 394 g/mol. The number of carbonyl (C=O) groups excluding carboxylic acids is 2. The molecular formula is C22H20ClNO5. The molecule has 3 rings (SSSR count). The average Bonchev–Trinajstić information content (AvgIpc) is 3.06. The van der Waals surface area contributed by atoms with Gasteiger partial charge in [0.1, 0.15) is 0 Å². The maximum Gasteiger partial charge on any atom is 0.363 e. The number of hydrogen-bond acceptors (Lipinski definition) is 6. The first-order valence-corrected chi connectivity index (χ1v) is 9.64. The Hall–Kier alpha value is -3.12. The van der Waals surface area contributed by atoms with Gasteiger partial charge in [0.25, 0.3) is 0 Å². The molecule has 0 aromatic heterocycles. The lowest BCUT2D eigenvalue weighted by Gasteiger charge is -2.13.